The Morgan fingerprint density at radius 3 is 2.65 bits per heavy atom. The highest BCUT2D eigenvalue weighted by Gasteiger charge is 2.25. The number of hydrogen-bond acceptors (Lipinski definition) is 2. The van der Waals surface area contributed by atoms with Crippen molar-refractivity contribution < 1.29 is 0 Å². The molecule has 3 nitrogen and oxygen atoms in total. The molecule has 0 aromatic carbocycles. The summed E-state index contributed by atoms with van der Waals surface area (Å²) in [5.41, 5.74) is 7.77. The van der Waals surface area contributed by atoms with Gasteiger partial charge in [-0.3, -0.25) is 5.43 Å². The summed E-state index contributed by atoms with van der Waals surface area (Å²) in [5, 5.41) is 3.79. The van der Waals surface area contributed by atoms with E-state index in [1.807, 2.05) is 0 Å². The lowest BCUT2D eigenvalue weighted by atomic mass is 9.76. The van der Waals surface area contributed by atoms with E-state index in [2.05, 4.69) is 56.9 Å². The topological polar surface area (TPSA) is 36.1 Å². The molecule has 0 spiro atoms. The molecule has 0 aliphatic heterocycles. The highest BCUT2D eigenvalue weighted by Crippen LogP contribution is 2.35. The molecule has 0 bridgehead atoms. The van der Waals surface area contributed by atoms with E-state index in [1.54, 1.807) is 0 Å². The van der Waals surface area contributed by atoms with Gasteiger partial charge >= 0.3 is 0 Å². The Hall–Kier alpha value is -0.770. The van der Waals surface area contributed by atoms with Gasteiger partial charge in [-0.1, -0.05) is 26.8 Å². The van der Waals surface area contributed by atoms with Gasteiger partial charge in [0.2, 0.25) is 0 Å². The van der Waals surface area contributed by atoms with Gasteiger partial charge in [-0.25, -0.2) is 0 Å². The third-order valence-corrected chi connectivity index (χ3v) is 2.98. The zero-order chi connectivity index (χ0) is 13.1. The van der Waals surface area contributed by atoms with E-state index in [4.69, 9.17) is 12.2 Å². The highest BCUT2D eigenvalue weighted by molar-refractivity contribution is 7.80. The maximum Gasteiger partial charge on any atom is 0.185 e. The van der Waals surface area contributed by atoms with E-state index in [0.29, 0.717) is 17.1 Å². The molecule has 0 saturated carbocycles. The Balaban J connectivity index is 2.46. The van der Waals surface area contributed by atoms with E-state index in [9.17, 15) is 0 Å². The Labute approximate surface area is 110 Å². The van der Waals surface area contributed by atoms with E-state index in [1.165, 1.54) is 12.1 Å². The second-order valence-corrected chi connectivity index (χ2v) is 6.46. The van der Waals surface area contributed by atoms with Crippen LogP contribution in [0.3, 0.4) is 0 Å². The molecule has 0 heterocycles. The summed E-state index contributed by atoms with van der Waals surface area (Å²) >= 11 is 5.17. The Morgan fingerprint density at radius 1 is 1.47 bits per heavy atom. The maximum atomic E-state index is 5.17. The first-order valence-corrected chi connectivity index (χ1v) is 6.73. The predicted molar refractivity (Wildman–Crippen MR) is 77.4 cm³/mol. The first-order valence-electron chi connectivity index (χ1n) is 6.33. The van der Waals surface area contributed by atoms with E-state index >= 15 is 0 Å². The first kappa shape index (κ1) is 14.3. The predicted octanol–water partition coefficient (Wildman–Crippen LogP) is 2.70. The lowest BCUT2D eigenvalue weighted by Gasteiger charge is -2.32. The Morgan fingerprint density at radius 2 is 2.12 bits per heavy atom. The van der Waals surface area contributed by atoms with Gasteiger partial charge in [0, 0.05) is 11.7 Å². The zero-order valence-corrected chi connectivity index (χ0v) is 12.4. The van der Waals surface area contributed by atoms with Crippen molar-refractivity contribution in [2.24, 2.45) is 11.3 Å². The molecular weight excluding hydrogens is 230 g/mol. The third-order valence-electron chi connectivity index (χ3n) is 2.76. The molecule has 0 saturated heterocycles. The maximum absolute atomic E-state index is 5.17. The monoisotopic (exact) mass is 255 g/mol. The van der Waals surface area contributed by atoms with Crippen LogP contribution >= 0.6 is 12.2 Å². The van der Waals surface area contributed by atoms with E-state index in [0.717, 1.165) is 6.42 Å². The molecule has 1 rings (SSSR count). The van der Waals surface area contributed by atoms with Crippen molar-refractivity contribution in [1.29, 1.82) is 0 Å². The van der Waals surface area contributed by atoms with Gasteiger partial charge in [0.15, 0.2) is 5.11 Å². The summed E-state index contributed by atoms with van der Waals surface area (Å²) in [6.45, 7) is 11.0. The molecule has 0 unspecified atom stereocenters. The van der Waals surface area contributed by atoms with Gasteiger partial charge in [0.1, 0.15) is 0 Å². The lowest BCUT2D eigenvalue weighted by Crippen LogP contribution is -2.46. The minimum Gasteiger partial charge on any atom is -0.359 e. The van der Waals surface area contributed by atoms with Crippen LogP contribution in [-0.2, 0) is 0 Å². The average molecular weight is 255 g/mol. The van der Waals surface area contributed by atoms with Gasteiger partial charge in [-0.2, -0.15) is 0 Å². The van der Waals surface area contributed by atoms with Crippen LogP contribution in [0.1, 0.15) is 47.5 Å². The minimum absolute atomic E-state index is 0.273. The number of hydrazine groups is 1. The van der Waals surface area contributed by atoms with Crippen LogP contribution in [-0.4, -0.2) is 11.2 Å². The van der Waals surface area contributed by atoms with Gasteiger partial charge in [0.25, 0.3) is 0 Å². The molecule has 4 heteroatoms. The van der Waals surface area contributed by atoms with Crippen molar-refractivity contribution in [1.82, 2.24) is 16.2 Å². The third kappa shape index (κ3) is 5.39. The molecule has 1 atom stereocenters. The molecule has 3 N–H and O–H groups in total. The fourth-order valence-electron chi connectivity index (χ4n) is 2.46. The normalized spacial score (nSPS) is 22.9. The van der Waals surface area contributed by atoms with Gasteiger partial charge in [0.05, 0.1) is 0 Å². The quantitative estimate of drug-likeness (QED) is 0.535. The van der Waals surface area contributed by atoms with Crippen molar-refractivity contribution in [2.75, 3.05) is 0 Å². The van der Waals surface area contributed by atoms with Crippen LogP contribution in [0, 0.1) is 11.3 Å². The second kappa shape index (κ2) is 5.71. The van der Waals surface area contributed by atoms with Crippen LogP contribution < -0.4 is 16.2 Å². The van der Waals surface area contributed by atoms with Crippen LogP contribution in [0.5, 0.6) is 0 Å². The molecule has 1 aliphatic carbocycles. The number of allylic oxidation sites excluding steroid dienone is 2. The van der Waals surface area contributed by atoms with Crippen LogP contribution in [0.25, 0.3) is 0 Å². The van der Waals surface area contributed by atoms with Gasteiger partial charge in [-0.15, -0.1) is 0 Å². The highest BCUT2D eigenvalue weighted by atomic mass is 32.1. The van der Waals surface area contributed by atoms with Gasteiger partial charge < -0.3 is 10.7 Å². The van der Waals surface area contributed by atoms with Crippen molar-refractivity contribution in [3.05, 3.63) is 11.8 Å². The van der Waals surface area contributed by atoms with Crippen molar-refractivity contribution in [3.8, 4) is 0 Å². The SMILES string of the molecule is CC(C)NC(=S)NNC1=CC(C)(C)C[C@@H](C)C1. The molecule has 0 fully saturated rings. The zero-order valence-electron chi connectivity index (χ0n) is 11.6. The Kier molecular flexibility index (Phi) is 4.80. The summed E-state index contributed by atoms with van der Waals surface area (Å²) in [7, 11) is 0. The van der Waals surface area contributed by atoms with Gasteiger partial charge in [-0.05, 0) is 50.2 Å². The number of hydrogen-bond donors (Lipinski definition) is 3. The molecule has 17 heavy (non-hydrogen) atoms. The molecule has 0 aromatic heterocycles. The van der Waals surface area contributed by atoms with Crippen molar-refractivity contribution in [3.63, 3.8) is 0 Å². The van der Waals surface area contributed by atoms with E-state index < -0.39 is 0 Å². The number of rotatable bonds is 3. The summed E-state index contributed by atoms with van der Waals surface area (Å²) in [6.07, 6.45) is 4.63. The fraction of sp³-hybridized carbons (Fsp3) is 0.769. The summed E-state index contributed by atoms with van der Waals surface area (Å²) in [6, 6.07) is 0.354. The number of thiocarbonyl (C=S) groups is 1. The van der Waals surface area contributed by atoms with Crippen molar-refractivity contribution in [2.45, 2.75) is 53.5 Å². The standard InChI is InChI=1S/C13H25N3S/c1-9(2)14-12(17)16-15-11-6-10(3)7-13(4,5)8-11/h8-10,15H,6-7H2,1-5H3,(H2,14,16,17)/t10-/m0/s1. The smallest absolute Gasteiger partial charge is 0.185 e. The summed E-state index contributed by atoms with van der Waals surface area (Å²) < 4.78 is 0. The largest absolute Gasteiger partial charge is 0.359 e. The molecule has 0 radical (unpaired) electrons. The van der Waals surface area contributed by atoms with Crippen molar-refractivity contribution >= 4 is 17.3 Å². The number of nitrogens with one attached hydrogen (secondary N) is 3. The molecule has 0 amide bonds. The molecule has 1 aliphatic rings. The lowest BCUT2D eigenvalue weighted by molar-refractivity contribution is 0.313. The Bertz CT molecular complexity index is 308. The van der Waals surface area contributed by atoms with Crippen LogP contribution in [0.2, 0.25) is 0 Å². The average Bonchev–Trinajstić information content (AvgIpc) is 2.10. The minimum atomic E-state index is 0.273. The second-order valence-electron chi connectivity index (χ2n) is 6.05. The van der Waals surface area contributed by atoms with Crippen LogP contribution in [0.15, 0.2) is 11.8 Å². The summed E-state index contributed by atoms with van der Waals surface area (Å²) in [5.74, 6) is 0.714. The molecule has 98 valence electrons. The first-order chi connectivity index (χ1) is 7.78. The molecular formula is C13H25N3S. The molecule has 0 aromatic rings. The summed E-state index contributed by atoms with van der Waals surface area (Å²) in [4.78, 5) is 0. The van der Waals surface area contributed by atoms with E-state index in [-0.39, 0.29) is 5.41 Å². The van der Waals surface area contributed by atoms with Crippen LogP contribution in [0.4, 0.5) is 0 Å². The fourth-order valence-corrected chi connectivity index (χ4v) is 2.74.